The van der Waals surface area contributed by atoms with E-state index in [1.165, 1.54) is 0 Å². The molecule has 0 aliphatic heterocycles. The van der Waals surface area contributed by atoms with Crippen molar-refractivity contribution in [3.8, 4) is 0 Å². The molecule has 0 saturated heterocycles. The number of aromatic nitrogens is 3. The Labute approximate surface area is 122 Å². The standard InChI is InChI=1S/C13H21N5O3/c1-2-18-9-16-17-10(18)7-14-12(21)15-8-13(11(19)20)5-3-4-6-13/h9H,2-8H2,1H3,(H,19,20)(H2,14,15,21). The summed E-state index contributed by atoms with van der Waals surface area (Å²) in [5.41, 5.74) is -0.805. The summed E-state index contributed by atoms with van der Waals surface area (Å²) in [6.45, 7) is 3.12. The van der Waals surface area contributed by atoms with Crippen LogP contribution in [-0.2, 0) is 17.9 Å². The van der Waals surface area contributed by atoms with Crippen molar-refractivity contribution in [2.45, 2.75) is 45.7 Å². The summed E-state index contributed by atoms with van der Waals surface area (Å²) >= 11 is 0. The first-order chi connectivity index (χ1) is 10.1. The molecule has 1 aliphatic rings. The molecule has 2 rings (SSSR count). The molecule has 1 aromatic heterocycles. The Kier molecular flexibility index (Phi) is 4.77. The summed E-state index contributed by atoms with van der Waals surface area (Å²) in [5.74, 6) is -0.160. The Morgan fingerprint density at radius 3 is 2.71 bits per heavy atom. The molecule has 1 saturated carbocycles. The minimum Gasteiger partial charge on any atom is -0.481 e. The average molecular weight is 295 g/mol. The molecule has 116 valence electrons. The van der Waals surface area contributed by atoms with Gasteiger partial charge in [-0.25, -0.2) is 4.79 Å². The number of nitrogens with zero attached hydrogens (tertiary/aromatic N) is 3. The van der Waals surface area contributed by atoms with Gasteiger partial charge in [-0.2, -0.15) is 0 Å². The summed E-state index contributed by atoms with van der Waals surface area (Å²) < 4.78 is 1.83. The zero-order valence-electron chi connectivity index (χ0n) is 12.1. The number of carboxylic acid groups (broad SMARTS) is 1. The minimum absolute atomic E-state index is 0.161. The number of hydrogen-bond acceptors (Lipinski definition) is 4. The molecule has 8 heteroatoms. The minimum atomic E-state index is -0.828. The second kappa shape index (κ2) is 6.55. The Hall–Kier alpha value is -2.12. The number of carbonyl (C=O) groups is 2. The monoisotopic (exact) mass is 295 g/mol. The lowest BCUT2D eigenvalue weighted by atomic mass is 9.86. The number of nitrogens with one attached hydrogen (secondary N) is 2. The number of aryl methyl sites for hydroxylation is 1. The highest BCUT2D eigenvalue weighted by Gasteiger charge is 2.41. The summed E-state index contributed by atoms with van der Waals surface area (Å²) in [7, 11) is 0. The highest BCUT2D eigenvalue weighted by Crippen LogP contribution is 2.37. The SMILES string of the molecule is CCn1cnnc1CNC(=O)NCC1(C(=O)O)CCCC1. The van der Waals surface area contributed by atoms with Crippen molar-refractivity contribution in [3.05, 3.63) is 12.2 Å². The van der Waals surface area contributed by atoms with Gasteiger partial charge >= 0.3 is 12.0 Å². The van der Waals surface area contributed by atoms with Crippen LogP contribution in [0.1, 0.15) is 38.4 Å². The smallest absolute Gasteiger partial charge is 0.315 e. The first-order valence-electron chi connectivity index (χ1n) is 7.19. The van der Waals surface area contributed by atoms with Crippen molar-refractivity contribution < 1.29 is 14.7 Å². The van der Waals surface area contributed by atoms with Gasteiger partial charge in [-0.3, -0.25) is 4.79 Å². The first kappa shape index (κ1) is 15.3. The molecule has 0 bridgehead atoms. The third kappa shape index (κ3) is 3.50. The van der Waals surface area contributed by atoms with E-state index in [0.29, 0.717) is 18.7 Å². The van der Waals surface area contributed by atoms with Gasteiger partial charge in [0.05, 0.1) is 12.0 Å². The number of carboxylic acids is 1. The van der Waals surface area contributed by atoms with Crippen LogP contribution in [0.25, 0.3) is 0 Å². The zero-order valence-corrected chi connectivity index (χ0v) is 12.1. The van der Waals surface area contributed by atoms with Crippen LogP contribution >= 0.6 is 0 Å². The van der Waals surface area contributed by atoms with Gasteiger partial charge in [-0.05, 0) is 19.8 Å². The van der Waals surface area contributed by atoms with Crippen molar-refractivity contribution >= 4 is 12.0 Å². The van der Waals surface area contributed by atoms with Crippen LogP contribution in [0.3, 0.4) is 0 Å². The number of amides is 2. The predicted octanol–water partition coefficient (Wildman–Crippen LogP) is 0.742. The molecule has 0 atom stereocenters. The quantitative estimate of drug-likeness (QED) is 0.717. The zero-order chi connectivity index (χ0) is 15.3. The van der Waals surface area contributed by atoms with Crippen LogP contribution in [0.2, 0.25) is 0 Å². The molecule has 0 spiro atoms. The fourth-order valence-electron chi connectivity index (χ4n) is 2.67. The number of rotatable bonds is 6. The molecule has 0 aromatic carbocycles. The number of aliphatic carboxylic acids is 1. The lowest BCUT2D eigenvalue weighted by Gasteiger charge is -2.23. The molecule has 21 heavy (non-hydrogen) atoms. The fourth-order valence-corrected chi connectivity index (χ4v) is 2.67. The number of carbonyl (C=O) groups excluding carboxylic acids is 1. The second-order valence-electron chi connectivity index (χ2n) is 5.36. The van der Waals surface area contributed by atoms with E-state index in [-0.39, 0.29) is 19.1 Å². The highest BCUT2D eigenvalue weighted by molar-refractivity contribution is 5.78. The van der Waals surface area contributed by atoms with Gasteiger partial charge in [0.25, 0.3) is 0 Å². The van der Waals surface area contributed by atoms with Crippen molar-refractivity contribution in [2.24, 2.45) is 5.41 Å². The van der Waals surface area contributed by atoms with Gasteiger partial charge in [0.15, 0.2) is 5.82 Å². The molecule has 2 amide bonds. The van der Waals surface area contributed by atoms with Crippen LogP contribution in [0.4, 0.5) is 4.79 Å². The first-order valence-corrected chi connectivity index (χ1v) is 7.19. The van der Waals surface area contributed by atoms with Gasteiger partial charge in [0.2, 0.25) is 0 Å². The van der Waals surface area contributed by atoms with Gasteiger partial charge in [-0.1, -0.05) is 12.8 Å². The van der Waals surface area contributed by atoms with Crippen LogP contribution in [-0.4, -0.2) is 38.4 Å². The van der Waals surface area contributed by atoms with Crippen molar-refractivity contribution in [3.63, 3.8) is 0 Å². The normalized spacial score (nSPS) is 16.6. The van der Waals surface area contributed by atoms with Crippen LogP contribution in [0.15, 0.2) is 6.33 Å². The maximum absolute atomic E-state index is 11.8. The second-order valence-corrected chi connectivity index (χ2v) is 5.36. The average Bonchev–Trinajstić information content (AvgIpc) is 3.12. The lowest BCUT2D eigenvalue weighted by molar-refractivity contribution is -0.148. The van der Waals surface area contributed by atoms with Gasteiger partial charge in [-0.15, -0.1) is 10.2 Å². The summed E-state index contributed by atoms with van der Waals surface area (Å²) in [6.07, 6.45) is 4.64. The Morgan fingerprint density at radius 1 is 1.38 bits per heavy atom. The molecule has 1 aromatic rings. The molecule has 1 fully saturated rings. The number of hydrogen-bond donors (Lipinski definition) is 3. The Morgan fingerprint density at radius 2 is 2.10 bits per heavy atom. The molecular weight excluding hydrogens is 274 g/mol. The van der Waals surface area contributed by atoms with Gasteiger partial charge in [0.1, 0.15) is 6.33 Å². The Balaban J connectivity index is 1.81. The van der Waals surface area contributed by atoms with Crippen molar-refractivity contribution in [2.75, 3.05) is 6.54 Å². The Bertz CT molecular complexity index is 508. The highest BCUT2D eigenvalue weighted by atomic mass is 16.4. The van der Waals surface area contributed by atoms with Crippen LogP contribution < -0.4 is 10.6 Å². The topological polar surface area (TPSA) is 109 Å². The molecule has 0 radical (unpaired) electrons. The third-order valence-corrected chi connectivity index (χ3v) is 4.05. The summed E-state index contributed by atoms with van der Waals surface area (Å²) in [4.78, 5) is 23.2. The predicted molar refractivity (Wildman–Crippen MR) is 74.5 cm³/mol. The molecule has 8 nitrogen and oxygen atoms in total. The number of urea groups is 1. The van der Waals surface area contributed by atoms with Gasteiger partial charge < -0.3 is 20.3 Å². The van der Waals surface area contributed by atoms with Crippen molar-refractivity contribution in [1.82, 2.24) is 25.4 Å². The molecular formula is C13H21N5O3. The van der Waals surface area contributed by atoms with E-state index >= 15 is 0 Å². The van der Waals surface area contributed by atoms with Crippen molar-refractivity contribution in [1.29, 1.82) is 0 Å². The van der Waals surface area contributed by atoms with E-state index in [9.17, 15) is 14.7 Å². The molecule has 1 aliphatic carbocycles. The third-order valence-electron chi connectivity index (χ3n) is 4.05. The maximum Gasteiger partial charge on any atom is 0.315 e. The lowest BCUT2D eigenvalue weighted by Crippen LogP contribution is -2.45. The van der Waals surface area contributed by atoms with E-state index in [4.69, 9.17) is 0 Å². The maximum atomic E-state index is 11.8. The van der Waals surface area contributed by atoms with E-state index in [0.717, 1.165) is 19.4 Å². The largest absolute Gasteiger partial charge is 0.481 e. The van der Waals surface area contributed by atoms with E-state index in [2.05, 4.69) is 20.8 Å². The van der Waals surface area contributed by atoms with Gasteiger partial charge in [0, 0.05) is 13.1 Å². The fraction of sp³-hybridized carbons (Fsp3) is 0.692. The van der Waals surface area contributed by atoms with Crippen LogP contribution in [0, 0.1) is 5.41 Å². The van der Waals surface area contributed by atoms with E-state index in [1.54, 1.807) is 6.33 Å². The van der Waals surface area contributed by atoms with E-state index in [1.807, 2.05) is 11.5 Å². The molecule has 1 heterocycles. The molecule has 0 unspecified atom stereocenters. The van der Waals surface area contributed by atoms with E-state index < -0.39 is 11.4 Å². The summed E-state index contributed by atoms with van der Waals surface area (Å²) in [6, 6.07) is -0.381. The molecule has 3 N–H and O–H groups in total. The van der Waals surface area contributed by atoms with Crippen LogP contribution in [0.5, 0.6) is 0 Å². The summed E-state index contributed by atoms with van der Waals surface area (Å²) in [5, 5.41) is 22.4.